The van der Waals surface area contributed by atoms with E-state index in [1.165, 1.54) is 18.1 Å². The van der Waals surface area contributed by atoms with E-state index in [9.17, 15) is 19.2 Å². The van der Waals surface area contributed by atoms with Crippen LogP contribution < -0.4 is 15.5 Å². The van der Waals surface area contributed by atoms with Crippen LogP contribution in [0, 0.1) is 6.92 Å². The monoisotopic (exact) mass is 499 g/mol. The van der Waals surface area contributed by atoms with Gasteiger partial charge in [-0.05, 0) is 56.3 Å². The first-order valence-corrected chi connectivity index (χ1v) is 11.4. The normalized spacial score (nSPS) is 14.2. The molecule has 1 aromatic heterocycles. The summed E-state index contributed by atoms with van der Waals surface area (Å²) >= 11 is 0. The molecule has 0 spiro atoms. The summed E-state index contributed by atoms with van der Waals surface area (Å²) in [4.78, 5) is 51.6. The number of anilines is 2. The Bertz CT molecular complexity index is 1420. The molecule has 3 amide bonds. The van der Waals surface area contributed by atoms with Crippen LogP contribution in [0.4, 0.5) is 11.4 Å². The lowest BCUT2D eigenvalue weighted by Crippen LogP contribution is -2.34. The van der Waals surface area contributed by atoms with Crippen molar-refractivity contribution in [3.8, 4) is 0 Å². The van der Waals surface area contributed by atoms with E-state index < -0.39 is 23.7 Å². The predicted molar refractivity (Wildman–Crippen MR) is 137 cm³/mol. The molecule has 0 radical (unpaired) electrons. The molecule has 0 saturated carbocycles. The second kappa shape index (κ2) is 10.8. The number of nitrogens with zero attached hydrogens (tertiary/aromatic N) is 1. The van der Waals surface area contributed by atoms with Crippen molar-refractivity contribution < 1.29 is 28.3 Å². The zero-order valence-electron chi connectivity index (χ0n) is 20.5. The van der Waals surface area contributed by atoms with Gasteiger partial charge in [-0.25, -0.2) is 4.79 Å². The molecule has 0 unspecified atom stereocenters. The van der Waals surface area contributed by atoms with E-state index in [0.29, 0.717) is 28.6 Å². The fourth-order valence-electron chi connectivity index (χ4n) is 3.85. The predicted octanol–water partition coefficient (Wildman–Crippen LogP) is 3.72. The SMILES string of the molecule is COC(=O)C1=C(C)N(c2ccc(C)cc2)C(=O)/C1=C/c1ccc(CNC(=O)C(=O)Nc2ccccc2)o1. The van der Waals surface area contributed by atoms with Gasteiger partial charge in [0.05, 0.1) is 24.8 Å². The molecule has 1 aliphatic rings. The van der Waals surface area contributed by atoms with E-state index in [4.69, 9.17) is 9.15 Å². The number of carbonyl (C=O) groups is 4. The first-order valence-electron chi connectivity index (χ1n) is 11.4. The van der Waals surface area contributed by atoms with Gasteiger partial charge in [0.1, 0.15) is 11.5 Å². The fraction of sp³-hybridized carbons (Fsp3) is 0.143. The van der Waals surface area contributed by atoms with Gasteiger partial charge in [-0.2, -0.15) is 0 Å². The van der Waals surface area contributed by atoms with E-state index in [2.05, 4.69) is 10.6 Å². The van der Waals surface area contributed by atoms with Crippen LogP contribution in [0.3, 0.4) is 0 Å². The molecule has 0 aliphatic carbocycles. The Balaban J connectivity index is 1.50. The highest BCUT2D eigenvalue weighted by atomic mass is 16.5. The molecule has 188 valence electrons. The average molecular weight is 500 g/mol. The van der Waals surface area contributed by atoms with E-state index in [-0.39, 0.29) is 17.7 Å². The third kappa shape index (κ3) is 5.51. The second-order valence-electron chi connectivity index (χ2n) is 8.29. The average Bonchev–Trinajstić information content (AvgIpc) is 3.45. The number of para-hydroxylation sites is 1. The van der Waals surface area contributed by atoms with Crippen LogP contribution in [0.5, 0.6) is 0 Å². The largest absolute Gasteiger partial charge is 0.465 e. The number of ether oxygens (including phenoxy) is 1. The summed E-state index contributed by atoms with van der Waals surface area (Å²) in [6, 6.07) is 19.2. The summed E-state index contributed by atoms with van der Waals surface area (Å²) < 4.78 is 10.7. The van der Waals surface area contributed by atoms with Crippen molar-refractivity contribution in [1.82, 2.24) is 5.32 Å². The molecule has 2 N–H and O–H groups in total. The van der Waals surface area contributed by atoms with Crippen LogP contribution in [0.15, 0.2) is 88.0 Å². The van der Waals surface area contributed by atoms with Gasteiger partial charge in [0, 0.05) is 17.1 Å². The first-order chi connectivity index (χ1) is 17.8. The molecule has 2 heterocycles. The van der Waals surface area contributed by atoms with Gasteiger partial charge in [0.2, 0.25) is 0 Å². The summed E-state index contributed by atoms with van der Waals surface area (Å²) in [5, 5.41) is 4.99. The number of aryl methyl sites for hydroxylation is 1. The van der Waals surface area contributed by atoms with Crippen LogP contribution in [0.1, 0.15) is 24.0 Å². The lowest BCUT2D eigenvalue weighted by atomic mass is 10.1. The fourth-order valence-corrected chi connectivity index (χ4v) is 3.85. The Morgan fingerprint density at radius 1 is 0.946 bits per heavy atom. The Hall–Kier alpha value is -4.92. The van der Waals surface area contributed by atoms with Crippen molar-refractivity contribution >= 4 is 41.1 Å². The molecule has 3 aromatic rings. The van der Waals surface area contributed by atoms with Crippen molar-refractivity contribution in [3.63, 3.8) is 0 Å². The number of hydrogen-bond donors (Lipinski definition) is 2. The van der Waals surface area contributed by atoms with Gasteiger partial charge in [-0.3, -0.25) is 19.3 Å². The van der Waals surface area contributed by atoms with Crippen LogP contribution in [0.2, 0.25) is 0 Å². The van der Waals surface area contributed by atoms with Gasteiger partial charge >= 0.3 is 17.8 Å². The number of nitrogens with one attached hydrogen (secondary N) is 2. The minimum Gasteiger partial charge on any atom is -0.465 e. The van der Waals surface area contributed by atoms with E-state index in [0.717, 1.165) is 5.56 Å². The van der Waals surface area contributed by atoms with Gasteiger partial charge in [0.15, 0.2) is 0 Å². The lowest BCUT2D eigenvalue weighted by Gasteiger charge is -2.18. The topological polar surface area (TPSA) is 118 Å². The van der Waals surface area contributed by atoms with Crippen molar-refractivity contribution in [2.45, 2.75) is 20.4 Å². The number of carbonyl (C=O) groups excluding carboxylic acids is 4. The minimum atomic E-state index is -0.827. The van der Waals surface area contributed by atoms with Crippen molar-refractivity contribution in [2.24, 2.45) is 0 Å². The zero-order valence-corrected chi connectivity index (χ0v) is 20.5. The van der Waals surface area contributed by atoms with E-state index in [1.54, 1.807) is 61.5 Å². The van der Waals surface area contributed by atoms with Crippen molar-refractivity contribution in [1.29, 1.82) is 0 Å². The Labute approximate surface area is 213 Å². The number of furan rings is 1. The zero-order chi connectivity index (χ0) is 26.5. The number of methoxy groups -OCH3 is 1. The van der Waals surface area contributed by atoms with Gasteiger partial charge in [-0.15, -0.1) is 0 Å². The van der Waals surface area contributed by atoms with Crippen LogP contribution >= 0.6 is 0 Å². The minimum absolute atomic E-state index is 0.0492. The van der Waals surface area contributed by atoms with E-state index >= 15 is 0 Å². The molecule has 4 rings (SSSR count). The highest BCUT2D eigenvalue weighted by Crippen LogP contribution is 2.35. The van der Waals surface area contributed by atoms with Crippen molar-refractivity contribution in [2.75, 3.05) is 17.3 Å². The molecular formula is C28H25N3O6. The van der Waals surface area contributed by atoms with Crippen LogP contribution in [0.25, 0.3) is 6.08 Å². The molecular weight excluding hydrogens is 474 g/mol. The first kappa shape index (κ1) is 25.2. The molecule has 0 fully saturated rings. The molecule has 37 heavy (non-hydrogen) atoms. The van der Waals surface area contributed by atoms with Crippen LogP contribution in [-0.4, -0.2) is 30.8 Å². The third-order valence-electron chi connectivity index (χ3n) is 5.71. The van der Waals surface area contributed by atoms with Crippen LogP contribution in [-0.2, 0) is 30.5 Å². The number of esters is 1. The Morgan fingerprint density at radius 2 is 1.65 bits per heavy atom. The quantitative estimate of drug-likeness (QED) is 0.303. The highest BCUT2D eigenvalue weighted by molar-refractivity contribution is 6.39. The van der Waals surface area contributed by atoms with E-state index in [1.807, 2.05) is 19.1 Å². The van der Waals surface area contributed by atoms with Gasteiger partial charge in [-0.1, -0.05) is 35.9 Å². The number of amides is 3. The molecule has 1 aliphatic heterocycles. The molecule has 0 saturated heterocycles. The maximum atomic E-state index is 13.3. The summed E-state index contributed by atoms with van der Waals surface area (Å²) in [5.74, 6) is -2.03. The molecule has 0 bridgehead atoms. The number of rotatable bonds is 6. The second-order valence-corrected chi connectivity index (χ2v) is 8.29. The summed E-state index contributed by atoms with van der Waals surface area (Å²) in [6.07, 6.45) is 1.46. The lowest BCUT2D eigenvalue weighted by molar-refractivity contribution is -0.136. The molecule has 0 atom stereocenters. The maximum Gasteiger partial charge on any atom is 0.340 e. The number of hydrogen-bond acceptors (Lipinski definition) is 6. The third-order valence-corrected chi connectivity index (χ3v) is 5.71. The summed E-state index contributed by atoms with van der Waals surface area (Å²) in [6.45, 7) is 3.57. The highest BCUT2D eigenvalue weighted by Gasteiger charge is 2.38. The molecule has 2 aromatic carbocycles. The standard InChI is InChI=1S/C28H25N3O6/c1-17-9-11-20(12-10-17)31-18(2)24(28(35)36-3)23(27(31)34)15-21-13-14-22(37-21)16-29-25(32)26(33)30-19-7-5-4-6-8-19/h4-15H,16H2,1-3H3,(H,29,32)(H,30,33)/b23-15+. The number of benzene rings is 2. The Morgan fingerprint density at radius 3 is 2.32 bits per heavy atom. The smallest absolute Gasteiger partial charge is 0.340 e. The van der Waals surface area contributed by atoms with Gasteiger partial charge in [0.25, 0.3) is 5.91 Å². The Kier molecular flexibility index (Phi) is 7.34. The summed E-state index contributed by atoms with van der Waals surface area (Å²) in [5.41, 5.74) is 2.85. The maximum absolute atomic E-state index is 13.3. The molecule has 9 nitrogen and oxygen atoms in total. The van der Waals surface area contributed by atoms with Gasteiger partial charge < -0.3 is 19.8 Å². The summed E-state index contributed by atoms with van der Waals surface area (Å²) in [7, 11) is 1.25. The number of allylic oxidation sites excluding steroid dienone is 1. The van der Waals surface area contributed by atoms with Crippen molar-refractivity contribution in [3.05, 3.63) is 101 Å². The molecule has 9 heteroatoms.